The number of nitrogens with zero attached hydrogens (tertiary/aromatic N) is 3. The van der Waals surface area contributed by atoms with Crippen molar-refractivity contribution in [1.29, 1.82) is 0 Å². The summed E-state index contributed by atoms with van der Waals surface area (Å²) in [6, 6.07) is 1.99. The molecule has 2 heterocycles. The molecule has 0 saturated carbocycles. The van der Waals surface area contributed by atoms with Gasteiger partial charge in [-0.25, -0.2) is 9.97 Å². The highest BCUT2D eigenvalue weighted by atomic mass is 16.5. The van der Waals surface area contributed by atoms with Gasteiger partial charge in [-0.2, -0.15) is 0 Å². The summed E-state index contributed by atoms with van der Waals surface area (Å²) in [5.74, 6) is 2.61. The van der Waals surface area contributed by atoms with Gasteiger partial charge in [-0.05, 0) is 20.8 Å². The van der Waals surface area contributed by atoms with E-state index in [0.717, 1.165) is 37.2 Å². The Morgan fingerprint density at radius 1 is 1.41 bits per heavy atom. The minimum absolute atomic E-state index is 0.0238. The average Bonchev–Trinajstić information content (AvgIpc) is 2.27. The van der Waals surface area contributed by atoms with E-state index >= 15 is 0 Å². The lowest BCUT2D eigenvalue weighted by Gasteiger charge is -2.43. The van der Waals surface area contributed by atoms with Crippen molar-refractivity contribution in [3.05, 3.63) is 11.9 Å². The smallest absolute Gasteiger partial charge is 0.134 e. The molecule has 1 aliphatic heterocycles. The number of nitrogens with one attached hydrogen (secondary N) is 1. The molecular weight excluding hydrogens is 216 g/mol. The van der Waals surface area contributed by atoms with Crippen LogP contribution in [0.2, 0.25) is 0 Å². The second-order valence-corrected chi connectivity index (χ2v) is 4.93. The molecule has 5 heteroatoms. The lowest BCUT2D eigenvalue weighted by Crippen LogP contribution is -2.53. The van der Waals surface area contributed by atoms with Gasteiger partial charge in [0, 0.05) is 19.7 Å². The largest absolute Gasteiger partial charge is 0.377 e. The van der Waals surface area contributed by atoms with Crippen LogP contribution in [0.1, 0.15) is 19.7 Å². The standard InChI is InChI=1S/C12H20N4O/c1-9-14-10(13-4)7-11(15-9)16-5-6-17-8-12(16,2)3/h7H,5-6,8H2,1-4H3,(H,13,14,15). The molecule has 94 valence electrons. The Labute approximate surface area is 102 Å². The van der Waals surface area contributed by atoms with E-state index in [1.807, 2.05) is 20.0 Å². The third-order valence-electron chi connectivity index (χ3n) is 3.00. The molecule has 1 fully saturated rings. The molecule has 1 aromatic heterocycles. The summed E-state index contributed by atoms with van der Waals surface area (Å²) in [4.78, 5) is 11.1. The van der Waals surface area contributed by atoms with E-state index in [-0.39, 0.29) is 5.54 Å². The molecule has 1 aliphatic rings. The number of ether oxygens (including phenoxy) is 1. The van der Waals surface area contributed by atoms with E-state index < -0.39 is 0 Å². The first kappa shape index (κ1) is 12.1. The third-order valence-corrected chi connectivity index (χ3v) is 3.00. The van der Waals surface area contributed by atoms with Gasteiger partial charge in [-0.1, -0.05) is 0 Å². The maximum atomic E-state index is 5.52. The quantitative estimate of drug-likeness (QED) is 0.842. The summed E-state index contributed by atoms with van der Waals surface area (Å²) in [6.45, 7) is 8.60. The van der Waals surface area contributed by atoms with Gasteiger partial charge in [0.1, 0.15) is 17.5 Å². The maximum absolute atomic E-state index is 5.52. The molecule has 0 amide bonds. The third kappa shape index (κ3) is 2.49. The van der Waals surface area contributed by atoms with E-state index in [4.69, 9.17) is 4.74 Å². The highest BCUT2D eigenvalue weighted by Crippen LogP contribution is 2.26. The van der Waals surface area contributed by atoms with Gasteiger partial charge in [-0.15, -0.1) is 0 Å². The summed E-state index contributed by atoms with van der Waals surface area (Å²) < 4.78 is 5.52. The zero-order valence-electron chi connectivity index (χ0n) is 10.9. The van der Waals surface area contributed by atoms with E-state index in [2.05, 4.69) is 34.0 Å². The van der Waals surface area contributed by atoms with Gasteiger partial charge in [0.25, 0.3) is 0 Å². The number of aromatic nitrogens is 2. The van der Waals surface area contributed by atoms with E-state index in [0.29, 0.717) is 0 Å². The van der Waals surface area contributed by atoms with Crippen molar-refractivity contribution < 1.29 is 4.74 Å². The van der Waals surface area contributed by atoms with Gasteiger partial charge in [0.15, 0.2) is 0 Å². The van der Waals surface area contributed by atoms with Crippen LogP contribution in [0.4, 0.5) is 11.6 Å². The molecule has 1 N–H and O–H groups in total. The Hall–Kier alpha value is -1.36. The molecule has 0 radical (unpaired) electrons. The molecule has 5 nitrogen and oxygen atoms in total. The molecule has 1 aromatic rings. The fraction of sp³-hybridized carbons (Fsp3) is 0.667. The first-order chi connectivity index (χ1) is 8.03. The van der Waals surface area contributed by atoms with Gasteiger partial charge >= 0.3 is 0 Å². The zero-order chi connectivity index (χ0) is 12.5. The van der Waals surface area contributed by atoms with Crippen molar-refractivity contribution in [3.8, 4) is 0 Å². The van der Waals surface area contributed by atoms with Crippen molar-refractivity contribution in [3.63, 3.8) is 0 Å². The molecule has 0 spiro atoms. The van der Waals surface area contributed by atoms with Crippen LogP contribution in [0.3, 0.4) is 0 Å². The Bertz CT molecular complexity index is 405. The number of morpholine rings is 1. The van der Waals surface area contributed by atoms with Crippen LogP contribution in [0, 0.1) is 6.92 Å². The maximum Gasteiger partial charge on any atom is 0.134 e. The van der Waals surface area contributed by atoms with Gasteiger partial charge in [0.05, 0.1) is 18.8 Å². The first-order valence-corrected chi connectivity index (χ1v) is 5.92. The lowest BCUT2D eigenvalue weighted by molar-refractivity contribution is 0.0639. The fourth-order valence-corrected chi connectivity index (χ4v) is 2.10. The van der Waals surface area contributed by atoms with Crippen LogP contribution < -0.4 is 10.2 Å². The molecule has 17 heavy (non-hydrogen) atoms. The molecule has 0 aliphatic carbocycles. The molecule has 0 aromatic carbocycles. The SMILES string of the molecule is CNc1cc(N2CCOCC2(C)C)nc(C)n1. The predicted molar refractivity (Wildman–Crippen MR) is 68.6 cm³/mol. The highest BCUT2D eigenvalue weighted by Gasteiger charge is 2.31. The molecule has 1 saturated heterocycles. The molecule has 0 atom stereocenters. The molecular formula is C12H20N4O. The van der Waals surface area contributed by atoms with Crippen LogP contribution in [0.5, 0.6) is 0 Å². The Morgan fingerprint density at radius 2 is 2.18 bits per heavy atom. The molecule has 0 bridgehead atoms. The Balaban J connectivity index is 2.35. The van der Waals surface area contributed by atoms with Crippen LogP contribution in [-0.2, 0) is 4.74 Å². The lowest BCUT2D eigenvalue weighted by atomic mass is 10.0. The Kier molecular flexibility index (Phi) is 3.19. The van der Waals surface area contributed by atoms with Gasteiger partial charge < -0.3 is 15.0 Å². The number of anilines is 2. The molecule has 0 unspecified atom stereocenters. The summed E-state index contributed by atoms with van der Waals surface area (Å²) >= 11 is 0. The van der Waals surface area contributed by atoms with Crippen LogP contribution in [0.15, 0.2) is 6.07 Å². The zero-order valence-corrected chi connectivity index (χ0v) is 10.9. The van der Waals surface area contributed by atoms with Crippen molar-refractivity contribution in [2.24, 2.45) is 0 Å². The number of hydrogen-bond acceptors (Lipinski definition) is 5. The summed E-state index contributed by atoms with van der Waals surface area (Å²) in [6.07, 6.45) is 0. The van der Waals surface area contributed by atoms with Gasteiger partial charge in [-0.3, -0.25) is 0 Å². The second-order valence-electron chi connectivity index (χ2n) is 4.93. The van der Waals surface area contributed by atoms with Crippen molar-refractivity contribution >= 4 is 11.6 Å². The van der Waals surface area contributed by atoms with Crippen molar-refractivity contribution in [2.45, 2.75) is 26.3 Å². The van der Waals surface area contributed by atoms with E-state index in [9.17, 15) is 0 Å². The second kappa shape index (κ2) is 4.49. The van der Waals surface area contributed by atoms with Gasteiger partial charge in [0.2, 0.25) is 0 Å². The monoisotopic (exact) mass is 236 g/mol. The average molecular weight is 236 g/mol. The van der Waals surface area contributed by atoms with Crippen LogP contribution in [-0.4, -0.2) is 42.3 Å². The topological polar surface area (TPSA) is 50.3 Å². The molecule has 2 rings (SSSR count). The van der Waals surface area contributed by atoms with Crippen LogP contribution in [0.25, 0.3) is 0 Å². The highest BCUT2D eigenvalue weighted by molar-refractivity contribution is 5.51. The Morgan fingerprint density at radius 3 is 2.82 bits per heavy atom. The number of aryl methyl sites for hydroxylation is 1. The normalized spacial score (nSPS) is 19.2. The summed E-state index contributed by atoms with van der Waals surface area (Å²) in [5.41, 5.74) is -0.0238. The van der Waals surface area contributed by atoms with Crippen LogP contribution >= 0.6 is 0 Å². The van der Waals surface area contributed by atoms with Crippen molar-refractivity contribution in [2.75, 3.05) is 37.0 Å². The predicted octanol–water partition coefficient (Wildman–Crippen LogP) is 1.44. The number of hydrogen-bond donors (Lipinski definition) is 1. The van der Waals surface area contributed by atoms with E-state index in [1.54, 1.807) is 0 Å². The summed E-state index contributed by atoms with van der Waals surface area (Å²) in [7, 11) is 1.87. The van der Waals surface area contributed by atoms with Crippen molar-refractivity contribution in [1.82, 2.24) is 9.97 Å². The minimum atomic E-state index is -0.0238. The minimum Gasteiger partial charge on any atom is -0.377 e. The van der Waals surface area contributed by atoms with E-state index in [1.165, 1.54) is 0 Å². The summed E-state index contributed by atoms with van der Waals surface area (Å²) in [5, 5.41) is 3.07. The fourth-order valence-electron chi connectivity index (χ4n) is 2.10. The number of rotatable bonds is 2. The first-order valence-electron chi connectivity index (χ1n) is 5.92.